The van der Waals surface area contributed by atoms with Crippen LogP contribution in [-0.2, 0) is 15.6 Å². The largest absolute Gasteiger partial charge is 0.353 e. The molecule has 0 rings (SSSR count). The molecule has 0 aromatic rings. The number of hydrogen-bond donors (Lipinski definition) is 2. The van der Waals surface area contributed by atoms with E-state index in [1.165, 1.54) is 0 Å². The molecule has 0 aliphatic heterocycles. The summed E-state index contributed by atoms with van der Waals surface area (Å²) in [6.07, 6.45) is 0.886. The van der Waals surface area contributed by atoms with E-state index >= 15 is 0 Å². The van der Waals surface area contributed by atoms with Crippen molar-refractivity contribution in [1.82, 2.24) is 5.32 Å². The summed E-state index contributed by atoms with van der Waals surface area (Å²) < 4.78 is 11.5. The highest BCUT2D eigenvalue weighted by Gasteiger charge is 2.12. The van der Waals surface area contributed by atoms with Crippen LogP contribution in [0.15, 0.2) is 0 Å². The van der Waals surface area contributed by atoms with E-state index in [0.717, 1.165) is 6.42 Å². The van der Waals surface area contributed by atoms with E-state index in [1.54, 1.807) is 0 Å². The molecule has 5 heteroatoms. The lowest BCUT2D eigenvalue weighted by Crippen LogP contribution is -2.36. The van der Waals surface area contributed by atoms with Crippen LogP contribution in [0.2, 0.25) is 0 Å². The predicted octanol–water partition coefficient (Wildman–Crippen LogP) is 0.245. The Labute approximate surface area is 94.4 Å². The van der Waals surface area contributed by atoms with Crippen LogP contribution in [0.3, 0.4) is 0 Å². The molecule has 3 N–H and O–H groups in total. The van der Waals surface area contributed by atoms with Gasteiger partial charge in [-0.15, -0.1) is 0 Å². The fourth-order valence-electron chi connectivity index (χ4n) is 1.01. The molecule has 0 saturated carbocycles. The van der Waals surface area contributed by atoms with Gasteiger partial charge in [0.2, 0.25) is 5.91 Å². The minimum Gasteiger partial charge on any atom is -0.353 e. The van der Waals surface area contributed by atoms with Gasteiger partial charge in [0.25, 0.3) is 0 Å². The van der Waals surface area contributed by atoms with Crippen LogP contribution in [0.25, 0.3) is 0 Å². The highest BCUT2D eigenvalue weighted by molar-refractivity contribution is 7.85. The average Bonchev–Trinajstić information content (AvgIpc) is 2.16. The van der Waals surface area contributed by atoms with Gasteiger partial charge >= 0.3 is 0 Å². The first-order valence-corrected chi connectivity index (χ1v) is 6.82. The zero-order chi connectivity index (χ0) is 11.8. The van der Waals surface area contributed by atoms with Gasteiger partial charge in [-0.2, -0.15) is 0 Å². The van der Waals surface area contributed by atoms with Crippen LogP contribution in [0.1, 0.15) is 27.2 Å². The van der Waals surface area contributed by atoms with Crippen LogP contribution in [0.5, 0.6) is 0 Å². The molecule has 0 aliphatic carbocycles. The standard InChI is InChI=1S/C10H22N2O2S/c1-4-9(3)12-10(13)7-15(14)6-8(2)5-11/h8-9H,4-7,11H2,1-3H3,(H,12,13). The van der Waals surface area contributed by atoms with E-state index in [9.17, 15) is 9.00 Å². The number of carbonyl (C=O) groups excluding carboxylic acids is 1. The maximum Gasteiger partial charge on any atom is 0.232 e. The third-order valence-electron chi connectivity index (χ3n) is 2.18. The van der Waals surface area contributed by atoms with Gasteiger partial charge in [0, 0.05) is 22.6 Å². The van der Waals surface area contributed by atoms with Crippen molar-refractivity contribution in [3.8, 4) is 0 Å². The van der Waals surface area contributed by atoms with Gasteiger partial charge in [0.1, 0.15) is 5.75 Å². The highest BCUT2D eigenvalue weighted by atomic mass is 32.2. The fourth-order valence-corrected chi connectivity index (χ4v) is 2.27. The number of nitrogens with one attached hydrogen (secondary N) is 1. The Morgan fingerprint density at radius 2 is 2.07 bits per heavy atom. The molecule has 15 heavy (non-hydrogen) atoms. The van der Waals surface area contributed by atoms with E-state index in [0.29, 0.717) is 12.3 Å². The van der Waals surface area contributed by atoms with Crippen LogP contribution >= 0.6 is 0 Å². The zero-order valence-electron chi connectivity index (χ0n) is 9.79. The van der Waals surface area contributed by atoms with Crippen molar-refractivity contribution in [2.75, 3.05) is 18.1 Å². The van der Waals surface area contributed by atoms with Gasteiger partial charge in [-0.3, -0.25) is 9.00 Å². The third-order valence-corrected chi connectivity index (χ3v) is 3.71. The van der Waals surface area contributed by atoms with Crippen molar-refractivity contribution in [2.24, 2.45) is 11.7 Å². The molecule has 0 heterocycles. The maximum atomic E-state index is 11.5. The summed E-state index contributed by atoms with van der Waals surface area (Å²) in [7, 11) is -1.09. The molecular weight excluding hydrogens is 212 g/mol. The van der Waals surface area contributed by atoms with E-state index in [2.05, 4.69) is 5.32 Å². The van der Waals surface area contributed by atoms with Crippen molar-refractivity contribution in [1.29, 1.82) is 0 Å². The molecule has 0 bridgehead atoms. The van der Waals surface area contributed by atoms with Crippen LogP contribution in [0, 0.1) is 5.92 Å². The lowest BCUT2D eigenvalue weighted by atomic mass is 10.2. The fraction of sp³-hybridized carbons (Fsp3) is 0.900. The second-order valence-electron chi connectivity index (χ2n) is 3.97. The number of hydrogen-bond acceptors (Lipinski definition) is 3. The minimum atomic E-state index is -1.09. The summed E-state index contributed by atoms with van der Waals surface area (Å²) in [5, 5.41) is 2.79. The molecule has 4 nitrogen and oxygen atoms in total. The molecule has 0 aliphatic rings. The molecular formula is C10H22N2O2S. The van der Waals surface area contributed by atoms with Crippen molar-refractivity contribution in [3.05, 3.63) is 0 Å². The van der Waals surface area contributed by atoms with Gasteiger partial charge in [-0.25, -0.2) is 0 Å². The molecule has 90 valence electrons. The second kappa shape index (κ2) is 7.82. The lowest BCUT2D eigenvalue weighted by molar-refractivity contribution is -0.119. The quantitative estimate of drug-likeness (QED) is 0.663. The van der Waals surface area contributed by atoms with Crippen molar-refractivity contribution in [2.45, 2.75) is 33.2 Å². The Morgan fingerprint density at radius 3 is 2.53 bits per heavy atom. The smallest absolute Gasteiger partial charge is 0.232 e. The van der Waals surface area contributed by atoms with E-state index in [4.69, 9.17) is 5.73 Å². The summed E-state index contributed by atoms with van der Waals surface area (Å²) in [5.74, 6) is 0.674. The number of rotatable bonds is 7. The van der Waals surface area contributed by atoms with Crippen LogP contribution < -0.4 is 11.1 Å². The topological polar surface area (TPSA) is 72.2 Å². The molecule has 1 amide bonds. The molecule has 0 aromatic carbocycles. The van der Waals surface area contributed by atoms with Gasteiger partial charge < -0.3 is 11.1 Å². The molecule has 0 fully saturated rings. The monoisotopic (exact) mass is 234 g/mol. The second-order valence-corrected chi connectivity index (χ2v) is 5.47. The Bertz CT molecular complexity index is 199. The van der Waals surface area contributed by atoms with Gasteiger partial charge in [0.05, 0.1) is 0 Å². The number of amides is 1. The first-order chi connectivity index (χ1) is 6.99. The van der Waals surface area contributed by atoms with Crippen molar-refractivity contribution in [3.63, 3.8) is 0 Å². The maximum absolute atomic E-state index is 11.5. The Hall–Kier alpha value is -0.420. The predicted molar refractivity (Wildman–Crippen MR) is 64.0 cm³/mol. The Kier molecular flexibility index (Phi) is 7.60. The number of carbonyl (C=O) groups is 1. The van der Waals surface area contributed by atoms with Crippen molar-refractivity contribution < 1.29 is 9.00 Å². The van der Waals surface area contributed by atoms with Gasteiger partial charge in [0.15, 0.2) is 0 Å². The molecule has 3 unspecified atom stereocenters. The lowest BCUT2D eigenvalue weighted by Gasteiger charge is -2.12. The van der Waals surface area contributed by atoms with Gasteiger partial charge in [-0.05, 0) is 25.8 Å². The summed E-state index contributed by atoms with van der Waals surface area (Å²) >= 11 is 0. The molecule has 0 radical (unpaired) electrons. The van der Waals surface area contributed by atoms with Crippen molar-refractivity contribution >= 4 is 16.7 Å². The number of nitrogens with two attached hydrogens (primary N) is 1. The minimum absolute atomic E-state index is 0.0919. The zero-order valence-corrected chi connectivity index (χ0v) is 10.6. The summed E-state index contributed by atoms with van der Waals surface area (Å²) in [6, 6.07) is 0.154. The summed E-state index contributed by atoms with van der Waals surface area (Å²) in [5.41, 5.74) is 5.42. The Balaban J connectivity index is 3.81. The average molecular weight is 234 g/mol. The molecule has 0 saturated heterocycles. The van der Waals surface area contributed by atoms with E-state index in [-0.39, 0.29) is 23.6 Å². The van der Waals surface area contributed by atoms with E-state index < -0.39 is 10.8 Å². The Morgan fingerprint density at radius 1 is 1.47 bits per heavy atom. The normalized spacial score (nSPS) is 16.8. The van der Waals surface area contributed by atoms with Crippen LogP contribution in [0.4, 0.5) is 0 Å². The molecule has 3 atom stereocenters. The molecule has 0 spiro atoms. The summed E-state index contributed by atoms with van der Waals surface area (Å²) in [4.78, 5) is 11.4. The summed E-state index contributed by atoms with van der Waals surface area (Å²) in [6.45, 7) is 6.38. The highest BCUT2D eigenvalue weighted by Crippen LogP contribution is 1.96. The first-order valence-electron chi connectivity index (χ1n) is 5.34. The van der Waals surface area contributed by atoms with Gasteiger partial charge in [-0.1, -0.05) is 13.8 Å². The third kappa shape index (κ3) is 7.50. The first kappa shape index (κ1) is 14.6. The van der Waals surface area contributed by atoms with E-state index in [1.807, 2.05) is 20.8 Å². The van der Waals surface area contributed by atoms with Crippen LogP contribution in [-0.4, -0.2) is 34.2 Å². The molecule has 0 aromatic heterocycles. The SMILES string of the molecule is CCC(C)NC(=O)CS(=O)CC(C)CN.